The maximum absolute atomic E-state index is 12.0. The number of halogens is 3. The Morgan fingerprint density at radius 2 is 1.81 bits per heavy atom. The van der Waals surface area contributed by atoms with Gasteiger partial charge in [0.2, 0.25) is 0 Å². The second kappa shape index (κ2) is 6.96. The maximum atomic E-state index is 12.0. The first kappa shape index (κ1) is 16.8. The molecule has 0 aliphatic rings. The molecule has 0 aromatic heterocycles. The molecule has 0 fully saturated rings. The van der Waals surface area contributed by atoms with E-state index in [-0.39, 0.29) is 6.42 Å². The Morgan fingerprint density at radius 3 is 2.29 bits per heavy atom. The number of carboxylic acid groups (broad SMARTS) is 1. The summed E-state index contributed by atoms with van der Waals surface area (Å²) in [5, 5.41) is 11.0. The molecule has 5 nitrogen and oxygen atoms in total. The van der Waals surface area contributed by atoms with E-state index in [1.807, 2.05) is 0 Å². The van der Waals surface area contributed by atoms with Crippen LogP contribution in [0.15, 0.2) is 24.3 Å². The third-order valence-electron chi connectivity index (χ3n) is 2.64. The Kier molecular flexibility index (Phi) is 5.57. The van der Waals surface area contributed by atoms with Crippen LogP contribution in [0.1, 0.15) is 12.0 Å². The number of nitrogens with zero attached hydrogens (tertiary/aromatic N) is 1. The standard InChI is InChI=1S/C13H15F3N2O3/c1-18(7-6-13(14,15)16)12(21)17-10-4-2-9(3-5-10)8-11(19)20/h2-5H,6-8H2,1H3,(H,17,21)(H,19,20). The molecule has 0 radical (unpaired) electrons. The topological polar surface area (TPSA) is 69.6 Å². The first-order valence-corrected chi connectivity index (χ1v) is 6.07. The molecule has 0 heterocycles. The van der Waals surface area contributed by atoms with Crippen molar-refractivity contribution in [3.63, 3.8) is 0 Å². The number of rotatable bonds is 5. The van der Waals surface area contributed by atoms with Crippen LogP contribution in [0, 0.1) is 0 Å². The van der Waals surface area contributed by atoms with E-state index in [1.54, 1.807) is 0 Å². The second-order valence-electron chi connectivity index (χ2n) is 4.48. The number of carbonyl (C=O) groups is 2. The van der Waals surface area contributed by atoms with Crippen molar-refractivity contribution >= 4 is 17.7 Å². The number of alkyl halides is 3. The van der Waals surface area contributed by atoms with Gasteiger partial charge in [0, 0.05) is 19.3 Å². The summed E-state index contributed by atoms with van der Waals surface area (Å²) >= 11 is 0. The molecule has 0 unspecified atom stereocenters. The minimum Gasteiger partial charge on any atom is -0.481 e. The summed E-state index contributed by atoms with van der Waals surface area (Å²) < 4.78 is 36.1. The number of carboxylic acids is 1. The summed E-state index contributed by atoms with van der Waals surface area (Å²) in [6.07, 6.45) is -5.53. The van der Waals surface area contributed by atoms with Crippen LogP contribution in [0.25, 0.3) is 0 Å². The molecule has 1 aromatic rings. The quantitative estimate of drug-likeness (QED) is 0.878. The van der Waals surface area contributed by atoms with Crippen molar-refractivity contribution in [2.75, 3.05) is 18.9 Å². The summed E-state index contributed by atoms with van der Waals surface area (Å²) in [7, 11) is 1.26. The molecule has 0 aliphatic carbocycles. The third-order valence-corrected chi connectivity index (χ3v) is 2.64. The number of aliphatic carboxylic acids is 1. The fraction of sp³-hybridized carbons (Fsp3) is 0.385. The maximum Gasteiger partial charge on any atom is 0.390 e. The largest absolute Gasteiger partial charge is 0.481 e. The molecule has 0 saturated carbocycles. The zero-order chi connectivity index (χ0) is 16.0. The number of carbonyl (C=O) groups excluding carboxylic acids is 1. The van der Waals surface area contributed by atoms with Gasteiger partial charge in [0.15, 0.2) is 0 Å². The molecule has 2 N–H and O–H groups in total. The van der Waals surface area contributed by atoms with E-state index in [2.05, 4.69) is 5.32 Å². The fourth-order valence-corrected chi connectivity index (χ4v) is 1.50. The van der Waals surface area contributed by atoms with Gasteiger partial charge in [0.1, 0.15) is 0 Å². The molecule has 0 aliphatic heterocycles. The van der Waals surface area contributed by atoms with Gasteiger partial charge in [-0.3, -0.25) is 4.79 Å². The van der Waals surface area contributed by atoms with Crippen molar-refractivity contribution in [2.45, 2.75) is 19.0 Å². The Hall–Kier alpha value is -2.25. The Bertz CT molecular complexity index is 500. The van der Waals surface area contributed by atoms with E-state index in [4.69, 9.17) is 5.11 Å². The summed E-state index contributed by atoms with van der Waals surface area (Å²) in [5.41, 5.74) is 0.943. The monoisotopic (exact) mass is 304 g/mol. The van der Waals surface area contributed by atoms with E-state index in [9.17, 15) is 22.8 Å². The fourth-order valence-electron chi connectivity index (χ4n) is 1.50. The van der Waals surface area contributed by atoms with E-state index < -0.39 is 31.1 Å². The van der Waals surface area contributed by atoms with Crippen molar-refractivity contribution in [3.8, 4) is 0 Å². The normalized spacial score (nSPS) is 11.0. The predicted octanol–water partition coefficient (Wildman–Crippen LogP) is 2.73. The lowest BCUT2D eigenvalue weighted by atomic mass is 10.1. The van der Waals surface area contributed by atoms with Gasteiger partial charge < -0.3 is 15.3 Å². The van der Waals surface area contributed by atoms with Crippen molar-refractivity contribution in [2.24, 2.45) is 0 Å². The van der Waals surface area contributed by atoms with Gasteiger partial charge in [-0.15, -0.1) is 0 Å². The molecule has 0 saturated heterocycles. The van der Waals surface area contributed by atoms with Gasteiger partial charge in [0.05, 0.1) is 12.8 Å². The van der Waals surface area contributed by atoms with Crippen molar-refractivity contribution < 1.29 is 27.9 Å². The van der Waals surface area contributed by atoms with Crippen LogP contribution < -0.4 is 5.32 Å². The van der Waals surface area contributed by atoms with Crippen LogP contribution in [0.5, 0.6) is 0 Å². The predicted molar refractivity (Wildman–Crippen MR) is 70.1 cm³/mol. The number of amides is 2. The number of benzene rings is 1. The van der Waals surface area contributed by atoms with E-state index >= 15 is 0 Å². The summed E-state index contributed by atoms with van der Waals surface area (Å²) in [6.45, 7) is -0.438. The van der Waals surface area contributed by atoms with E-state index in [1.165, 1.54) is 31.3 Å². The lowest BCUT2D eigenvalue weighted by Gasteiger charge is -2.18. The van der Waals surface area contributed by atoms with Crippen LogP contribution in [0.3, 0.4) is 0 Å². The number of hydrogen-bond donors (Lipinski definition) is 2. The minimum atomic E-state index is -4.31. The molecule has 2 amide bonds. The van der Waals surface area contributed by atoms with Crippen LogP contribution in [0.4, 0.5) is 23.7 Å². The average molecular weight is 304 g/mol. The highest BCUT2D eigenvalue weighted by atomic mass is 19.4. The molecule has 1 rings (SSSR count). The van der Waals surface area contributed by atoms with Crippen molar-refractivity contribution in [3.05, 3.63) is 29.8 Å². The van der Waals surface area contributed by atoms with Gasteiger partial charge >= 0.3 is 18.2 Å². The SMILES string of the molecule is CN(CCC(F)(F)F)C(=O)Nc1ccc(CC(=O)O)cc1. The van der Waals surface area contributed by atoms with Crippen LogP contribution in [0.2, 0.25) is 0 Å². The Morgan fingerprint density at radius 1 is 1.24 bits per heavy atom. The van der Waals surface area contributed by atoms with E-state index in [0.717, 1.165) is 4.90 Å². The summed E-state index contributed by atoms with van der Waals surface area (Å²) in [6, 6.07) is 5.38. The van der Waals surface area contributed by atoms with Crippen LogP contribution >= 0.6 is 0 Å². The van der Waals surface area contributed by atoms with Gasteiger partial charge in [-0.1, -0.05) is 12.1 Å². The molecular formula is C13H15F3N2O3. The molecular weight excluding hydrogens is 289 g/mol. The zero-order valence-electron chi connectivity index (χ0n) is 11.3. The van der Waals surface area contributed by atoms with E-state index in [0.29, 0.717) is 11.3 Å². The first-order chi connectivity index (χ1) is 9.67. The Balaban J connectivity index is 2.52. The molecule has 1 aromatic carbocycles. The number of anilines is 1. The molecule has 0 spiro atoms. The smallest absolute Gasteiger partial charge is 0.390 e. The number of nitrogens with one attached hydrogen (secondary N) is 1. The highest BCUT2D eigenvalue weighted by molar-refractivity contribution is 5.89. The first-order valence-electron chi connectivity index (χ1n) is 6.07. The lowest BCUT2D eigenvalue weighted by molar-refractivity contribution is -0.137. The molecule has 0 atom stereocenters. The second-order valence-corrected chi connectivity index (χ2v) is 4.48. The highest BCUT2D eigenvalue weighted by Gasteiger charge is 2.28. The third kappa shape index (κ3) is 6.64. The van der Waals surface area contributed by atoms with Crippen molar-refractivity contribution in [1.82, 2.24) is 4.90 Å². The molecule has 0 bridgehead atoms. The number of hydrogen-bond acceptors (Lipinski definition) is 2. The van der Waals surface area contributed by atoms with Crippen molar-refractivity contribution in [1.29, 1.82) is 0 Å². The Labute approximate surface area is 119 Å². The summed E-state index contributed by atoms with van der Waals surface area (Å²) in [4.78, 5) is 23.1. The highest BCUT2D eigenvalue weighted by Crippen LogP contribution is 2.19. The zero-order valence-corrected chi connectivity index (χ0v) is 11.3. The molecule has 21 heavy (non-hydrogen) atoms. The van der Waals surface area contributed by atoms with Crippen LogP contribution in [-0.4, -0.2) is 41.8 Å². The van der Waals surface area contributed by atoms with Gasteiger partial charge in [-0.25, -0.2) is 4.79 Å². The van der Waals surface area contributed by atoms with Crippen LogP contribution in [-0.2, 0) is 11.2 Å². The average Bonchev–Trinajstić information content (AvgIpc) is 2.36. The van der Waals surface area contributed by atoms with Gasteiger partial charge in [-0.2, -0.15) is 13.2 Å². The van der Waals surface area contributed by atoms with Gasteiger partial charge in [-0.05, 0) is 17.7 Å². The number of urea groups is 1. The molecule has 116 valence electrons. The minimum absolute atomic E-state index is 0.139. The lowest BCUT2D eigenvalue weighted by Crippen LogP contribution is -2.34. The van der Waals surface area contributed by atoms with Gasteiger partial charge in [0.25, 0.3) is 0 Å². The molecule has 8 heteroatoms. The summed E-state index contributed by atoms with van der Waals surface area (Å²) in [5.74, 6) is -0.973.